The third kappa shape index (κ3) is 2.93. The number of nitro groups is 1. The first-order chi connectivity index (χ1) is 9.65. The van der Waals surface area contributed by atoms with Crippen LogP contribution in [-0.4, -0.2) is 35.1 Å². The van der Waals surface area contributed by atoms with E-state index in [4.69, 9.17) is 0 Å². The van der Waals surface area contributed by atoms with Crippen LogP contribution in [-0.2, 0) is 0 Å². The van der Waals surface area contributed by atoms with Gasteiger partial charge in [-0.2, -0.15) is 0 Å². The summed E-state index contributed by atoms with van der Waals surface area (Å²) in [4.78, 5) is 17.3. The van der Waals surface area contributed by atoms with E-state index in [1.54, 1.807) is 12.3 Å². The molecule has 6 nitrogen and oxygen atoms in total. The van der Waals surface area contributed by atoms with Crippen LogP contribution in [0.1, 0.15) is 25.7 Å². The molecule has 7 heteroatoms. The second kappa shape index (κ2) is 5.65. The fourth-order valence-corrected chi connectivity index (χ4v) is 3.04. The fourth-order valence-electron chi connectivity index (χ4n) is 2.72. The molecule has 3 rings (SSSR count). The lowest BCUT2D eigenvalue weighted by Gasteiger charge is -2.26. The van der Waals surface area contributed by atoms with Gasteiger partial charge in [-0.25, -0.2) is 4.98 Å². The van der Waals surface area contributed by atoms with Gasteiger partial charge in [0.1, 0.15) is 0 Å². The van der Waals surface area contributed by atoms with E-state index in [1.807, 2.05) is 0 Å². The molecular formula is C13H17BrN4O2. The van der Waals surface area contributed by atoms with E-state index in [2.05, 4.69) is 31.1 Å². The molecule has 1 unspecified atom stereocenters. The summed E-state index contributed by atoms with van der Waals surface area (Å²) in [7, 11) is 0. The Hall–Kier alpha value is -1.21. The van der Waals surface area contributed by atoms with Crippen molar-refractivity contribution in [3.8, 4) is 0 Å². The van der Waals surface area contributed by atoms with Crippen molar-refractivity contribution in [2.24, 2.45) is 0 Å². The normalized spacial score (nSPS) is 21.9. The summed E-state index contributed by atoms with van der Waals surface area (Å²) in [6.07, 6.45) is 6.15. The highest BCUT2D eigenvalue weighted by atomic mass is 79.9. The van der Waals surface area contributed by atoms with Crippen LogP contribution in [0, 0.1) is 10.1 Å². The lowest BCUT2D eigenvalue weighted by molar-refractivity contribution is -0.384. The van der Waals surface area contributed by atoms with Crippen LogP contribution in [0.4, 0.5) is 11.5 Å². The van der Waals surface area contributed by atoms with Crippen LogP contribution in [0.5, 0.6) is 0 Å². The fraction of sp³-hybridized carbons (Fsp3) is 0.615. The van der Waals surface area contributed by atoms with Gasteiger partial charge in [-0.3, -0.25) is 10.1 Å². The van der Waals surface area contributed by atoms with Crippen LogP contribution in [0.15, 0.2) is 16.7 Å². The number of nitrogens with zero attached hydrogens (tertiary/aromatic N) is 3. The summed E-state index contributed by atoms with van der Waals surface area (Å²) in [5.74, 6) is 0.509. The van der Waals surface area contributed by atoms with Gasteiger partial charge in [0.15, 0.2) is 0 Å². The molecule has 1 N–H and O–H groups in total. The molecule has 0 amide bonds. The van der Waals surface area contributed by atoms with E-state index in [0.717, 1.165) is 32.4 Å². The van der Waals surface area contributed by atoms with Crippen molar-refractivity contribution < 1.29 is 4.92 Å². The summed E-state index contributed by atoms with van der Waals surface area (Å²) < 4.78 is 0.641. The van der Waals surface area contributed by atoms with Crippen molar-refractivity contribution >= 4 is 27.4 Å². The molecule has 1 aliphatic heterocycles. The van der Waals surface area contributed by atoms with Gasteiger partial charge in [-0.1, -0.05) is 0 Å². The van der Waals surface area contributed by atoms with E-state index in [0.29, 0.717) is 22.4 Å². The molecule has 2 aliphatic rings. The molecule has 0 aromatic carbocycles. The van der Waals surface area contributed by atoms with E-state index >= 15 is 0 Å². The highest BCUT2D eigenvalue weighted by Gasteiger charge is 2.35. The number of anilines is 1. The Morgan fingerprint density at radius 2 is 2.30 bits per heavy atom. The molecule has 2 heterocycles. The Balaban J connectivity index is 1.88. The Labute approximate surface area is 125 Å². The number of hydrogen-bond acceptors (Lipinski definition) is 5. The van der Waals surface area contributed by atoms with Gasteiger partial charge < -0.3 is 10.2 Å². The minimum absolute atomic E-state index is 0.0873. The second-order valence-electron chi connectivity index (χ2n) is 5.43. The minimum atomic E-state index is -0.343. The van der Waals surface area contributed by atoms with Crippen LogP contribution >= 0.6 is 15.9 Å². The number of rotatable bonds is 5. The Morgan fingerprint density at radius 1 is 1.50 bits per heavy atom. The summed E-state index contributed by atoms with van der Waals surface area (Å²) in [6, 6.07) is 2.37. The molecule has 1 saturated carbocycles. The maximum atomic E-state index is 11.3. The highest BCUT2D eigenvalue weighted by Crippen LogP contribution is 2.36. The Kier molecular flexibility index (Phi) is 3.89. The average Bonchev–Trinajstić information content (AvgIpc) is 3.13. The van der Waals surface area contributed by atoms with Crippen molar-refractivity contribution in [2.45, 2.75) is 37.8 Å². The van der Waals surface area contributed by atoms with Gasteiger partial charge >= 0.3 is 5.69 Å². The van der Waals surface area contributed by atoms with Crippen LogP contribution in [0.25, 0.3) is 0 Å². The zero-order valence-corrected chi connectivity index (χ0v) is 12.7. The van der Waals surface area contributed by atoms with E-state index in [9.17, 15) is 10.1 Å². The first-order valence-electron chi connectivity index (χ1n) is 6.95. The van der Waals surface area contributed by atoms with Crippen LogP contribution < -0.4 is 10.2 Å². The Bertz CT molecular complexity index is 515. The number of aromatic nitrogens is 1. The molecule has 20 heavy (non-hydrogen) atoms. The largest absolute Gasteiger partial charge is 0.346 e. The lowest BCUT2D eigenvalue weighted by atomic mass is 10.2. The molecule has 1 aromatic heterocycles. The smallest absolute Gasteiger partial charge is 0.312 e. The molecule has 1 atom stereocenters. The van der Waals surface area contributed by atoms with Gasteiger partial charge in [0, 0.05) is 35.4 Å². The van der Waals surface area contributed by atoms with E-state index in [1.165, 1.54) is 6.42 Å². The predicted octanol–water partition coefficient (Wildman–Crippen LogP) is 2.47. The standard InChI is InChI=1S/C13H17BrN4O2/c14-9-6-12(18(19)20)13(16-7-9)17(11-3-4-11)8-10-2-1-5-15-10/h6-7,10-11,15H,1-5,8H2. The SMILES string of the molecule is O=[N+]([O-])c1cc(Br)cnc1N(CC1CCCN1)C1CC1. The molecule has 0 bridgehead atoms. The molecule has 0 radical (unpaired) electrons. The topological polar surface area (TPSA) is 71.3 Å². The molecule has 1 aliphatic carbocycles. The summed E-state index contributed by atoms with van der Waals surface area (Å²) >= 11 is 3.26. The molecule has 108 valence electrons. The zero-order chi connectivity index (χ0) is 14.1. The van der Waals surface area contributed by atoms with Gasteiger partial charge in [0.2, 0.25) is 5.82 Å². The quantitative estimate of drug-likeness (QED) is 0.658. The predicted molar refractivity (Wildman–Crippen MR) is 80.0 cm³/mol. The van der Waals surface area contributed by atoms with Gasteiger partial charge in [0.05, 0.1) is 4.92 Å². The first-order valence-corrected chi connectivity index (χ1v) is 7.74. The third-order valence-corrected chi connectivity index (χ3v) is 4.28. The molecule has 2 fully saturated rings. The highest BCUT2D eigenvalue weighted by molar-refractivity contribution is 9.10. The van der Waals surface area contributed by atoms with E-state index < -0.39 is 0 Å². The van der Waals surface area contributed by atoms with Crippen LogP contribution in [0.2, 0.25) is 0 Å². The molecule has 1 aromatic rings. The van der Waals surface area contributed by atoms with E-state index in [-0.39, 0.29) is 10.6 Å². The lowest BCUT2D eigenvalue weighted by Crippen LogP contribution is -2.39. The van der Waals surface area contributed by atoms with Gasteiger partial charge in [0.25, 0.3) is 0 Å². The zero-order valence-electron chi connectivity index (χ0n) is 11.1. The first kappa shape index (κ1) is 13.8. The number of hydrogen-bond donors (Lipinski definition) is 1. The number of pyridine rings is 1. The van der Waals surface area contributed by atoms with Crippen molar-refractivity contribution in [3.63, 3.8) is 0 Å². The average molecular weight is 341 g/mol. The Morgan fingerprint density at radius 3 is 2.90 bits per heavy atom. The summed E-state index contributed by atoms with van der Waals surface area (Å²) in [6.45, 7) is 1.85. The number of halogens is 1. The number of nitrogens with one attached hydrogen (secondary N) is 1. The van der Waals surface area contributed by atoms with Gasteiger partial charge in [-0.15, -0.1) is 0 Å². The monoisotopic (exact) mass is 340 g/mol. The van der Waals surface area contributed by atoms with Crippen molar-refractivity contribution in [3.05, 3.63) is 26.9 Å². The third-order valence-electron chi connectivity index (χ3n) is 3.85. The van der Waals surface area contributed by atoms with Gasteiger partial charge in [-0.05, 0) is 48.2 Å². The molecular weight excluding hydrogens is 324 g/mol. The summed E-state index contributed by atoms with van der Waals surface area (Å²) in [5, 5.41) is 14.7. The molecule has 0 spiro atoms. The van der Waals surface area contributed by atoms with Crippen molar-refractivity contribution in [1.29, 1.82) is 0 Å². The van der Waals surface area contributed by atoms with Crippen molar-refractivity contribution in [2.75, 3.05) is 18.0 Å². The maximum Gasteiger partial charge on any atom is 0.312 e. The van der Waals surface area contributed by atoms with Crippen molar-refractivity contribution in [1.82, 2.24) is 10.3 Å². The summed E-state index contributed by atoms with van der Waals surface area (Å²) in [5.41, 5.74) is 0.0873. The van der Waals surface area contributed by atoms with Crippen LogP contribution in [0.3, 0.4) is 0 Å². The minimum Gasteiger partial charge on any atom is -0.346 e. The maximum absolute atomic E-state index is 11.3. The second-order valence-corrected chi connectivity index (χ2v) is 6.35. The molecule has 1 saturated heterocycles.